The van der Waals surface area contributed by atoms with Crippen LogP contribution in [0.3, 0.4) is 0 Å². The number of nitrogens with zero attached hydrogens (tertiary/aromatic N) is 1. The minimum atomic E-state index is -3.66. The van der Waals surface area contributed by atoms with Gasteiger partial charge in [0.1, 0.15) is 0 Å². The van der Waals surface area contributed by atoms with Crippen LogP contribution in [-0.2, 0) is 38.2 Å². The summed E-state index contributed by atoms with van der Waals surface area (Å²) >= 11 is 0. The molecule has 0 aliphatic carbocycles. The van der Waals surface area contributed by atoms with Crippen molar-refractivity contribution in [1.29, 1.82) is 0 Å². The highest BCUT2D eigenvalue weighted by Crippen LogP contribution is 2.37. The highest BCUT2D eigenvalue weighted by molar-refractivity contribution is 7.89. The van der Waals surface area contributed by atoms with Crippen LogP contribution in [0, 0.1) is 0 Å². The lowest BCUT2D eigenvalue weighted by atomic mass is 9.73. The average Bonchev–Trinajstić information content (AvgIpc) is 3.16. The SMILES string of the molecule is O=C(O)C1(c2ccccc2)CCN(S(=O)(=O)c2ccc3c(c2)COC3)CC1. The summed E-state index contributed by atoms with van der Waals surface area (Å²) in [6.07, 6.45) is 0.499. The van der Waals surface area contributed by atoms with E-state index in [4.69, 9.17) is 4.74 Å². The number of carbonyl (C=O) groups is 1. The van der Waals surface area contributed by atoms with E-state index in [-0.39, 0.29) is 30.8 Å². The molecular weight excluding hydrogens is 366 g/mol. The zero-order valence-electron chi connectivity index (χ0n) is 14.8. The van der Waals surface area contributed by atoms with Gasteiger partial charge in [-0.1, -0.05) is 36.4 Å². The van der Waals surface area contributed by atoms with Crippen LogP contribution in [0.5, 0.6) is 0 Å². The van der Waals surface area contributed by atoms with Gasteiger partial charge in [0.15, 0.2) is 0 Å². The second kappa shape index (κ2) is 6.74. The van der Waals surface area contributed by atoms with E-state index in [1.165, 1.54) is 4.31 Å². The first-order valence-electron chi connectivity index (χ1n) is 8.92. The number of benzene rings is 2. The second-order valence-electron chi connectivity index (χ2n) is 7.08. The molecule has 0 bridgehead atoms. The van der Waals surface area contributed by atoms with E-state index in [2.05, 4.69) is 0 Å². The number of fused-ring (bicyclic) bond motifs is 1. The van der Waals surface area contributed by atoms with Gasteiger partial charge in [-0.15, -0.1) is 0 Å². The lowest BCUT2D eigenvalue weighted by Gasteiger charge is -2.38. The van der Waals surface area contributed by atoms with Gasteiger partial charge >= 0.3 is 5.97 Å². The number of rotatable bonds is 4. The third kappa shape index (κ3) is 3.05. The fourth-order valence-electron chi connectivity index (χ4n) is 3.95. The van der Waals surface area contributed by atoms with Crippen LogP contribution < -0.4 is 0 Å². The summed E-state index contributed by atoms with van der Waals surface area (Å²) in [5.41, 5.74) is 1.60. The first kappa shape index (κ1) is 18.2. The van der Waals surface area contributed by atoms with Crippen molar-refractivity contribution in [3.05, 3.63) is 65.2 Å². The highest BCUT2D eigenvalue weighted by atomic mass is 32.2. The molecule has 1 saturated heterocycles. The Morgan fingerprint density at radius 3 is 2.33 bits per heavy atom. The number of aliphatic carboxylic acids is 1. The van der Waals surface area contributed by atoms with Crippen LogP contribution >= 0.6 is 0 Å². The number of carboxylic acids is 1. The predicted molar refractivity (Wildman–Crippen MR) is 98.7 cm³/mol. The van der Waals surface area contributed by atoms with Crippen LogP contribution in [0.2, 0.25) is 0 Å². The van der Waals surface area contributed by atoms with Gasteiger partial charge in [0, 0.05) is 13.1 Å². The van der Waals surface area contributed by atoms with E-state index in [0.29, 0.717) is 13.2 Å². The fourth-order valence-corrected chi connectivity index (χ4v) is 5.44. The van der Waals surface area contributed by atoms with Crippen molar-refractivity contribution in [3.8, 4) is 0 Å². The topological polar surface area (TPSA) is 83.9 Å². The molecule has 2 heterocycles. The molecule has 0 saturated carbocycles. The average molecular weight is 387 g/mol. The Morgan fingerprint density at radius 2 is 1.67 bits per heavy atom. The quantitative estimate of drug-likeness (QED) is 0.872. The largest absolute Gasteiger partial charge is 0.481 e. The van der Waals surface area contributed by atoms with E-state index in [9.17, 15) is 18.3 Å². The molecule has 7 heteroatoms. The molecule has 0 unspecified atom stereocenters. The van der Waals surface area contributed by atoms with Crippen molar-refractivity contribution in [1.82, 2.24) is 4.31 Å². The van der Waals surface area contributed by atoms with Gasteiger partial charge in [-0.2, -0.15) is 4.31 Å². The highest BCUT2D eigenvalue weighted by Gasteiger charge is 2.45. The molecule has 1 fully saturated rings. The number of piperidine rings is 1. The van der Waals surface area contributed by atoms with Gasteiger partial charge in [-0.25, -0.2) is 8.42 Å². The standard InChI is InChI=1S/C20H21NO5S/c22-19(23)20(17-4-2-1-3-5-17)8-10-21(11-9-20)27(24,25)18-7-6-15-13-26-14-16(15)12-18/h1-7,12H,8-11,13-14H2,(H,22,23). The van der Waals surface area contributed by atoms with Crippen molar-refractivity contribution in [2.24, 2.45) is 0 Å². The summed E-state index contributed by atoms with van der Waals surface area (Å²) in [6.45, 7) is 1.29. The van der Waals surface area contributed by atoms with Crippen LogP contribution in [0.4, 0.5) is 0 Å². The molecule has 0 radical (unpaired) electrons. The molecule has 0 amide bonds. The van der Waals surface area contributed by atoms with Crippen molar-refractivity contribution in [2.45, 2.75) is 36.4 Å². The molecule has 142 valence electrons. The van der Waals surface area contributed by atoms with Gasteiger partial charge in [-0.05, 0) is 41.7 Å². The molecule has 0 atom stereocenters. The van der Waals surface area contributed by atoms with Gasteiger partial charge in [0.25, 0.3) is 0 Å². The summed E-state index contributed by atoms with van der Waals surface area (Å²) in [4.78, 5) is 12.3. The molecule has 2 aromatic carbocycles. The first-order valence-corrected chi connectivity index (χ1v) is 10.4. The van der Waals surface area contributed by atoms with Gasteiger partial charge in [-0.3, -0.25) is 4.79 Å². The number of sulfonamides is 1. The number of hydrogen-bond donors (Lipinski definition) is 1. The van der Waals surface area contributed by atoms with Gasteiger partial charge in [0.2, 0.25) is 10.0 Å². The number of carboxylic acid groups (broad SMARTS) is 1. The van der Waals surface area contributed by atoms with E-state index in [1.54, 1.807) is 30.3 Å². The fraction of sp³-hybridized carbons (Fsp3) is 0.350. The van der Waals surface area contributed by atoms with Crippen LogP contribution in [0.15, 0.2) is 53.4 Å². The van der Waals surface area contributed by atoms with Crippen molar-refractivity contribution in [2.75, 3.05) is 13.1 Å². The third-order valence-electron chi connectivity index (χ3n) is 5.64. The normalized spacial score (nSPS) is 19.6. The molecule has 2 aliphatic rings. The smallest absolute Gasteiger partial charge is 0.314 e. The van der Waals surface area contributed by atoms with Crippen LogP contribution in [0.1, 0.15) is 29.5 Å². The molecule has 0 aromatic heterocycles. The summed E-state index contributed by atoms with van der Waals surface area (Å²) in [6, 6.07) is 14.2. The Balaban J connectivity index is 1.58. The Kier molecular flexibility index (Phi) is 4.53. The second-order valence-corrected chi connectivity index (χ2v) is 9.02. The van der Waals surface area contributed by atoms with Gasteiger partial charge in [0.05, 0.1) is 23.5 Å². The third-order valence-corrected chi connectivity index (χ3v) is 7.54. The Morgan fingerprint density at radius 1 is 1.00 bits per heavy atom. The minimum Gasteiger partial charge on any atom is -0.481 e. The van der Waals surface area contributed by atoms with Crippen molar-refractivity contribution >= 4 is 16.0 Å². The van der Waals surface area contributed by atoms with E-state index in [0.717, 1.165) is 16.7 Å². The van der Waals surface area contributed by atoms with E-state index < -0.39 is 21.4 Å². The maximum atomic E-state index is 13.0. The molecule has 2 aliphatic heterocycles. The number of ether oxygens (including phenoxy) is 1. The molecule has 2 aromatic rings. The first-order chi connectivity index (χ1) is 12.9. The summed E-state index contributed by atoms with van der Waals surface area (Å²) < 4.78 is 32.8. The minimum absolute atomic E-state index is 0.178. The Bertz CT molecular complexity index is 963. The number of hydrogen-bond acceptors (Lipinski definition) is 4. The Hall–Kier alpha value is -2.22. The maximum absolute atomic E-state index is 13.0. The predicted octanol–water partition coefficient (Wildman–Crippen LogP) is 2.52. The lowest BCUT2D eigenvalue weighted by molar-refractivity contribution is -0.145. The van der Waals surface area contributed by atoms with E-state index in [1.807, 2.05) is 18.2 Å². The van der Waals surface area contributed by atoms with Crippen LogP contribution in [-0.4, -0.2) is 36.9 Å². The molecular formula is C20H21NO5S. The van der Waals surface area contributed by atoms with Crippen LogP contribution in [0.25, 0.3) is 0 Å². The van der Waals surface area contributed by atoms with Gasteiger partial charge < -0.3 is 9.84 Å². The van der Waals surface area contributed by atoms with Crippen molar-refractivity contribution < 1.29 is 23.1 Å². The lowest BCUT2D eigenvalue weighted by Crippen LogP contribution is -2.49. The zero-order chi connectivity index (χ0) is 19.1. The van der Waals surface area contributed by atoms with Crippen molar-refractivity contribution in [3.63, 3.8) is 0 Å². The maximum Gasteiger partial charge on any atom is 0.314 e. The Labute approximate surface area is 158 Å². The summed E-state index contributed by atoms with van der Waals surface area (Å²) in [5.74, 6) is -0.902. The summed E-state index contributed by atoms with van der Waals surface area (Å²) in [7, 11) is -3.66. The molecule has 6 nitrogen and oxygen atoms in total. The molecule has 27 heavy (non-hydrogen) atoms. The molecule has 0 spiro atoms. The zero-order valence-corrected chi connectivity index (χ0v) is 15.6. The molecule has 4 rings (SSSR count). The molecule has 1 N–H and O–H groups in total. The summed E-state index contributed by atoms with van der Waals surface area (Å²) in [5, 5.41) is 9.87. The van der Waals surface area contributed by atoms with E-state index >= 15 is 0 Å². The monoisotopic (exact) mass is 387 g/mol.